The highest BCUT2D eigenvalue weighted by atomic mass is 16.5. The first kappa shape index (κ1) is 30.2. The van der Waals surface area contributed by atoms with E-state index >= 15 is 0 Å². The molecule has 2 aromatic rings. The van der Waals surface area contributed by atoms with Gasteiger partial charge in [0.15, 0.2) is 11.6 Å². The first-order chi connectivity index (χ1) is 22.2. The molecule has 2 heterocycles. The molecule has 0 radical (unpaired) electrons. The lowest BCUT2D eigenvalue weighted by atomic mass is 9.59. The molecular weight excluding hydrogens is 584 g/mol. The third kappa shape index (κ3) is 4.80. The second-order valence-corrected chi connectivity index (χ2v) is 13.0. The molecule has 5 aliphatic rings. The van der Waals surface area contributed by atoms with E-state index in [1.807, 2.05) is 24.3 Å². The van der Waals surface area contributed by atoms with Gasteiger partial charge < -0.3 is 14.6 Å². The van der Waals surface area contributed by atoms with Crippen molar-refractivity contribution in [2.45, 2.75) is 51.1 Å². The van der Waals surface area contributed by atoms with E-state index in [1.54, 1.807) is 13.0 Å². The number of methoxy groups -OCH3 is 2. The van der Waals surface area contributed by atoms with Gasteiger partial charge in [-0.25, -0.2) is 0 Å². The van der Waals surface area contributed by atoms with Gasteiger partial charge in [-0.2, -0.15) is 0 Å². The van der Waals surface area contributed by atoms with Crippen LogP contribution in [-0.4, -0.2) is 71.6 Å². The van der Waals surface area contributed by atoms with Crippen molar-refractivity contribution < 1.29 is 33.8 Å². The van der Waals surface area contributed by atoms with Gasteiger partial charge in [-0.3, -0.25) is 29.0 Å². The molecule has 0 bridgehead atoms. The van der Waals surface area contributed by atoms with E-state index in [-0.39, 0.29) is 41.6 Å². The molecular formula is C37H38N2O7. The number of amides is 2. The first-order valence-electron chi connectivity index (χ1n) is 16.0. The molecule has 238 valence electrons. The second kappa shape index (κ2) is 11.7. The van der Waals surface area contributed by atoms with E-state index in [0.717, 1.165) is 25.2 Å². The van der Waals surface area contributed by atoms with Crippen molar-refractivity contribution >= 4 is 23.4 Å². The van der Waals surface area contributed by atoms with Crippen LogP contribution in [0, 0.1) is 17.8 Å². The van der Waals surface area contributed by atoms with E-state index in [2.05, 4.69) is 17.0 Å². The smallest absolute Gasteiger partial charge is 0.233 e. The number of carbonyl (C=O) groups excluding carboxylic acids is 4. The number of Topliss-reactive ketones (excluding diaryl/α,β-unsaturated/α-hetero) is 1. The number of piperidine rings is 1. The van der Waals surface area contributed by atoms with Gasteiger partial charge >= 0.3 is 0 Å². The summed E-state index contributed by atoms with van der Waals surface area (Å²) in [7, 11) is 2.95. The quantitative estimate of drug-likeness (QED) is 0.285. The van der Waals surface area contributed by atoms with E-state index < -0.39 is 23.7 Å². The molecule has 0 spiro atoms. The maximum Gasteiger partial charge on any atom is 0.233 e. The largest absolute Gasteiger partial charge is 0.507 e. The summed E-state index contributed by atoms with van der Waals surface area (Å²) < 4.78 is 11.0. The topological polar surface area (TPSA) is 113 Å². The van der Waals surface area contributed by atoms with Gasteiger partial charge in [-0.05, 0) is 50.2 Å². The fourth-order valence-corrected chi connectivity index (χ4v) is 8.44. The van der Waals surface area contributed by atoms with Crippen molar-refractivity contribution in [3.63, 3.8) is 0 Å². The number of fused-ring (bicyclic) bond motifs is 3. The number of aromatic hydroxyl groups is 1. The number of rotatable bonds is 6. The molecule has 4 unspecified atom stereocenters. The van der Waals surface area contributed by atoms with Crippen LogP contribution in [0.25, 0.3) is 0 Å². The molecule has 46 heavy (non-hydrogen) atoms. The fourth-order valence-electron chi connectivity index (χ4n) is 8.44. The maximum absolute atomic E-state index is 14.4. The van der Waals surface area contributed by atoms with Gasteiger partial charge in [0.1, 0.15) is 17.2 Å². The normalized spacial score (nSPS) is 26.8. The van der Waals surface area contributed by atoms with Crippen molar-refractivity contribution in [2.24, 2.45) is 17.8 Å². The predicted molar refractivity (Wildman–Crippen MR) is 169 cm³/mol. The first-order valence-corrected chi connectivity index (χ1v) is 16.0. The Morgan fingerprint density at radius 2 is 1.67 bits per heavy atom. The number of likely N-dealkylation sites (tertiary alicyclic amines) is 2. The fraction of sp³-hybridized carbons (Fsp3) is 0.405. The van der Waals surface area contributed by atoms with Crippen molar-refractivity contribution in [1.82, 2.24) is 9.80 Å². The third-order valence-corrected chi connectivity index (χ3v) is 10.6. The van der Waals surface area contributed by atoms with E-state index in [9.17, 15) is 24.3 Å². The molecule has 2 amide bonds. The predicted octanol–water partition coefficient (Wildman–Crippen LogP) is 4.50. The minimum absolute atomic E-state index is 0.138. The molecule has 9 nitrogen and oxygen atoms in total. The van der Waals surface area contributed by atoms with Crippen LogP contribution in [0.3, 0.4) is 0 Å². The van der Waals surface area contributed by atoms with Crippen LogP contribution < -0.4 is 9.47 Å². The number of phenolic OH excluding ortho intramolecular Hbond substituents is 1. The molecule has 2 saturated heterocycles. The van der Waals surface area contributed by atoms with Crippen LogP contribution in [0.15, 0.2) is 76.9 Å². The van der Waals surface area contributed by atoms with E-state index in [4.69, 9.17) is 9.47 Å². The molecule has 1 N–H and O–H groups in total. The lowest BCUT2D eigenvalue weighted by Gasteiger charge is -2.42. The molecule has 3 aliphatic carbocycles. The van der Waals surface area contributed by atoms with Gasteiger partial charge in [0, 0.05) is 66.0 Å². The summed E-state index contributed by atoms with van der Waals surface area (Å²) in [6, 6.07) is 13.2. The number of benzene rings is 2. The van der Waals surface area contributed by atoms with E-state index in [0.29, 0.717) is 53.0 Å². The monoisotopic (exact) mass is 622 g/mol. The Bertz CT molecular complexity index is 1730. The zero-order chi connectivity index (χ0) is 32.3. The van der Waals surface area contributed by atoms with Gasteiger partial charge in [0.05, 0.1) is 26.1 Å². The van der Waals surface area contributed by atoms with Crippen molar-refractivity contribution in [2.75, 3.05) is 27.3 Å². The molecule has 2 fully saturated rings. The zero-order valence-corrected chi connectivity index (χ0v) is 26.3. The van der Waals surface area contributed by atoms with Crippen LogP contribution in [0.2, 0.25) is 0 Å². The minimum Gasteiger partial charge on any atom is -0.507 e. The Balaban J connectivity index is 1.22. The standard InChI is InChI=1S/C37H38N2O7/c1-20-15-28(40)32-27(35(20)42)18-26-24(33(32)34-29(41)16-23(45-2)17-30(34)46-3)9-10-25-31(26)37(44)39(36(25)43)22-11-13-38(14-12-22)19-21-7-5-4-6-8-21/h4-9,15-17,22,25-26,31,33,41H,10-14,18-19H2,1-3H3. The minimum atomic E-state index is -0.811. The lowest BCUT2D eigenvalue weighted by Crippen LogP contribution is -2.47. The average Bonchev–Trinajstić information content (AvgIpc) is 3.32. The number of nitrogens with zero attached hydrogens (tertiary/aromatic N) is 2. The summed E-state index contributed by atoms with van der Waals surface area (Å²) in [6.45, 7) is 4.03. The summed E-state index contributed by atoms with van der Waals surface area (Å²) in [6.07, 6.45) is 5.27. The summed E-state index contributed by atoms with van der Waals surface area (Å²) in [5, 5.41) is 11.3. The van der Waals surface area contributed by atoms with Crippen LogP contribution in [-0.2, 0) is 25.7 Å². The lowest BCUT2D eigenvalue weighted by molar-refractivity contribution is -0.144. The average molecular weight is 623 g/mol. The van der Waals surface area contributed by atoms with Gasteiger partial charge in [0.25, 0.3) is 0 Å². The summed E-state index contributed by atoms with van der Waals surface area (Å²) in [5.74, 6) is -2.79. The highest BCUT2D eigenvalue weighted by Crippen LogP contribution is 2.58. The third-order valence-electron chi connectivity index (χ3n) is 10.6. The molecule has 9 heteroatoms. The Morgan fingerprint density at radius 1 is 0.935 bits per heavy atom. The Labute approximate surface area is 268 Å². The number of carbonyl (C=O) groups is 4. The highest BCUT2D eigenvalue weighted by Gasteiger charge is 2.58. The summed E-state index contributed by atoms with van der Waals surface area (Å²) in [5.41, 5.74) is 3.34. The molecule has 7 rings (SSSR count). The number of imide groups is 1. The van der Waals surface area contributed by atoms with Crippen molar-refractivity contribution in [3.8, 4) is 17.2 Å². The Morgan fingerprint density at radius 3 is 2.37 bits per heavy atom. The number of ether oxygens (including phenoxy) is 2. The van der Waals surface area contributed by atoms with Crippen LogP contribution in [0.1, 0.15) is 49.7 Å². The highest BCUT2D eigenvalue weighted by molar-refractivity contribution is 6.24. The SMILES string of the molecule is COc1cc(O)c(C2C3=CCC4C(=O)N(C5CCN(Cc6ccccc6)CC5)C(=O)C4C3CC3=C2C(=O)C=C(C)C3=O)c(OC)c1. The molecule has 0 aromatic heterocycles. The summed E-state index contributed by atoms with van der Waals surface area (Å²) >= 11 is 0. The van der Waals surface area contributed by atoms with Crippen LogP contribution >= 0.6 is 0 Å². The Kier molecular flexibility index (Phi) is 7.67. The van der Waals surface area contributed by atoms with Crippen molar-refractivity contribution in [1.29, 1.82) is 0 Å². The van der Waals surface area contributed by atoms with Gasteiger partial charge in [-0.15, -0.1) is 0 Å². The van der Waals surface area contributed by atoms with Crippen molar-refractivity contribution in [3.05, 3.63) is 88.0 Å². The molecule has 2 aromatic carbocycles. The van der Waals surface area contributed by atoms with Crippen LogP contribution in [0.4, 0.5) is 0 Å². The molecule has 4 atom stereocenters. The number of allylic oxidation sites excluding steroid dienone is 6. The number of hydrogen-bond donors (Lipinski definition) is 1. The molecule has 0 saturated carbocycles. The van der Waals surface area contributed by atoms with Gasteiger partial charge in [0.2, 0.25) is 11.8 Å². The molecule has 2 aliphatic heterocycles. The number of phenols is 1. The Hall–Kier alpha value is -4.50. The maximum atomic E-state index is 14.4. The summed E-state index contributed by atoms with van der Waals surface area (Å²) in [4.78, 5) is 59.5. The van der Waals surface area contributed by atoms with Gasteiger partial charge in [-0.1, -0.05) is 42.0 Å². The zero-order valence-electron chi connectivity index (χ0n) is 26.3. The van der Waals surface area contributed by atoms with E-state index in [1.165, 1.54) is 36.8 Å². The van der Waals surface area contributed by atoms with Crippen LogP contribution in [0.5, 0.6) is 17.2 Å². The second-order valence-electron chi connectivity index (χ2n) is 13.0. The number of ketones is 2. The number of hydrogen-bond acceptors (Lipinski definition) is 8.